The Hall–Kier alpha value is -0.280. The van der Waals surface area contributed by atoms with Crippen molar-refractivity contribution in [1.29, 1.82) is 0 Å². The lowest BCUT2D eigenvalue weighted by Gasteiger charge is -2.32. The number of methoxy groups -OCH3 is 1. The molecule has 94 valence electrons. The molecule has 0 aromatic heterocycles. The molecule has 0 spiro atoms. The van der Waals surface area contributed by atoms with Gasteiger partial charge in [0.2, 0.25) is 0 Å². The molecule has 1 N–H and O–H groups in total. The number of piperidine rings is 1. The maximum atomic E-state index is 6.08. The highest BCUT2D eigenvalue weighted by molar-refractivity contribution is 6.42. The second-order valence-electron chi connectivity index (χ2n) is 4.49. The van der Waals surface area contributed by atoms with Gasteiger partial charge in [0.15, 0.2) is 0 Å². The van der Waals surface area contributed by atoms with Crippen LogP contribution in [0, 0.1) is 5.92 Å². The Labute approximate surface area is 112 Å². The minimum Gasteiger partial charge on any atom is -0.384 e. The Morgan fingerprint density at radius 3 is 2.88 bits per heavy atom. The summed E-state index contributed by atoms with van der Waals surface area (Å²) in [6, 6.07) is 5.94. The molecule has 1 heterocycles. The number of nitrogens with one attached hydrogen (secondary N) is 1. The minimum absolute atomic E-state index is 0.506. The van der Waals surface area contributed by atoms with Gasteiger partial charge < -0.3 is 10.1 Å². The summed E-state index contributed by atoms with van der Waals surface area (Å²) < 4.78 is 5.29. The third-order valence-electron chi connectivity index (χ3n) is 3.36. The molecule has 1 aromatic rings. The van der Waals surface area contributed by atoms with Crippen LogP contribution in [0.3, 0.4) is 0 Å². The van der Waals surface area contributed by atoms with E-state index in [-0.39, 0.29) is 0 Å². The maximum absolute atomic E-state index is 6.08. The molecule has 1 aliphatic rings. The minimum atomic E-state index is 0.506. The van der Waals surface area contributed by atoms with Crippen molar-refractivity contribution in [2.45, 2.75) is 12.3 Å². The van der Waals surface area contributed by atoms with Gasteiger partial charge in [-0.05, 0) is 36.6 Å². The molecule has 0 saturated carbocycles. The molecule has 0 unspecified atom stereocenters. The van der Waals surface area contributed by atoms with E-state index in [1.807, 2.05) is 12.1 Å². The predicted molar refractivity (Wildman–Crippen MR) is 72.1 cm³/mol. The second kappa shape index (κ2) is 6.05. The van der Waals surface area contributed by atoms with Crippen LogP contribution in [0.2, 0.25) is 10.0 Å². The number of rotatable bonds is 3. The number of ether oxygens (including phenoxy) is 1. The first-order valence-corrected chi connectivity index (χ1v) is 6.62. The lowest BCUT2D eigenvalue weighted by Crippen LogP contribution is -2.37. The summed E-state index contributed by atoms with van der Waals surface area (Å²) >= 11 is 12.0. The summed E-state index contributed by atoms with van der Waals surface area (Å²) in [4.78, 5) is 0. The van der Waals surface area contributed by atoms with Crippen LogP contribution in [0.1, 0.15) is 17.9 Å². The molecule has 2 atom stereocenters. The van der Waals surface area contributed by atoms with E-state index in [0.29, 0.717) is 21.9 Å². The highest BCUT2D eigenvalue weighted by Crippen LogP contribution is 2.33. The average molecular weight is 274 g/mol. The summed E-state index contributed by atoms with van der Waals surface area (Å²) in [6.45, 7) is 2.82. The molecule has 1 fully saturated rings. The van der Waals surface area contributed by atoms with Gasteiger partial charge in [-0.15, -0.1) is 0 Å². The molecular formula is C13H17Cl2NO. The fraction of sp³-hybridized carbons (Fsp3) is 0.538. The Balaban J connectivity index is 2.20. The van der Waals surface area contributed by atoms with E-state index in [1.54, 1.807) is 7.11 Å². The molecular weight excluding hydrogens is 257 g/mol. The van der Waals surface area contributed by atoms with Gasteiger partial charge in [0.1, 0.15) is 0 Å². The highest BCUT2D eigenvalue weighted by atomic mass is 35.5. The maximum Gasteiger partial charge on any atom is 0.0595 e. The van der Waals surface area contributed by atoms with Crippen molar-refractivity contribution in [2.24, 2.45) is 5.92 Å². The van der Waals surface area contributed by atoms with Gasteiger partial charge in [0, 0.05) is 19.6 Å². The van der Waals surface area contributed by atoms with Crippen LogP contribution in [0.5, 0.6) is 0 Å². The molecule has 0 amide bonds. The molecule has 4 heteroatoms. The zero-order valence-corrected chi connectivity index (χ0v) is 11.4. The van der Waals surface area contributed by atoms with Gasteiger partial charge >= 0.3 is 0 Å². The van der Waals surface area contributed by atoms with Crippen molar-refractivity contribution in [1.82, 2.24) is 5.32 Å². The largest absolute Gasteiger partial charge is 0.384 e. The van der Waals surface area contributed by atoms with Gasteiger partial charge in [0.05, 0.1) is 16.7 Å². The summed E-state index contributed by atoms with van der Waals surface area (Å²) in [5.74, 6) is 1.01. The van der Waals surface area contributed by atoms with Crippen molar-refractivity contribution >= 4 is 23.2 Å². The Bertz CT molecular complexity index is 382. The van der Waals surface area contributed by atoms with E-state index in [9.17, 15) is 0 Å². The average Bonchev–Trinajstić information content (AvgIpc) is 2.34. The topological polar surface area (TPSA) is 21.3 Å². The first-order chi connectivity index (χ1) is 8.22. The van der Waals surface area contributed by atoms with Crippen LogP contribution in [0.4, 0.5) is 0 Å². The molecule has 1 aromatic carbocycles. The molecule has 0 aliphatic carbocycles. The van der Waals surface area contributed by atoms with E-state index in [2.05, 4.69) is 11.4 Å². The SMILES string of the molecule is COC[C@@H]1CNCC[C@@H]1c1ccc(Cl)c(Cl)c1. The van der Waals surface area contributed by atoms with Crippen molar-refractivity contribution in [3.05, 3.63) is 33.8 Å². The molecule has 0 radical (unpaired) electrons. The Morgan fingerprint density at radius 2 is 2.18 bits per heavy atom. The zero-order valence-electron chi connectivity index (χ0n) is 9.88. The molecule has 1 aliphatic heterocycles. The van der Waals surface area contributed by atoms with Crippen molar-refractivity contribution < 1.29 is 4.74 Å². The molecule has 17 heavy (non-hydrogen) atoms. The predicted octanol–water partition coefficient (Wildman–Crippen LogP) is 3.33. The summed E-state index contributed by atoms with van der Waals surface area (Å²) in [5.41, 5.74) is 1.27. The van der Waals surface area contributed by atoms with Crippen molar-refractivity contribution in [3.63, 3.8) is 0 Å². The number of hydrogen-bond donors (Lipinski definition) is 1. The van der Waals surface area contributed by atoms with E-state index >= 15 is 0 Å². The van der Waals surface area contributed by atoms with Crippen LogP contribution < -0.4 is 5.32 Å². The van der Waals surface area contributed by atoms with E-state index < -0.39 is 0 Å². The third kappa shape index (κ3) is 3.14. The second-order valence-corrected chi connectivity index (χ2v) is 5.30. The highest BCUT2D eigenvalue weighted by Gasteiger charge is 2.26. The smallest absolute Gasteiger partial charge is 0.0595 e. The van der Waals surface area contributed by atoms with Crippen LogP contribution in [0.25, 0.3) is 0 Å². The number of hydrogen-bond acceptors (Lipinski definition) is 2. The van der Waals surface area contributed by atoms with Gasteiger partial charge in [0.25, 0.3) is 0 Å². The lowest BCUT2D eigenvalue weighted by atomic mass is 9.81. The van der Waals surface area contributed by atoms with Crippen LogP contribution in [-0.4, -0.2) is 26.8 Å². The van der Waals surface area contributed by atoms with E-state index in [0.717, 1.165) is 26.1 Å². The Morgan fingerprint density at radius 1 is 1.35 bits per heavy atom. The van der Waals surface area contributed by atoms with Gasteiger partial charge in [-0.1, -0.05) is 29.3 Å². The standard InChI is InChI=1S/C13H17Cl2NO/c1-17-8-10-7-16-5-4-11(10)9-2-3-12(14)13(15)6-9/h2-3,6,10-11,16H,4-5,7-8H2,1H3/t10-,11+/m0/s1. The number of halogens is 2. The molecule has 0 bridgehead atoms. The normalized spacial score (nSPS) is 24.9. The van der Waals surface area contributed by atoms with Crippen molar-refractivity contribution in [2.75, 3.05) is 26.8 Å². The fourth-order valence-corrected chi connectivity index (χ4v) is 2.80. The summed E-state index contributed by atoms with van der Waals surface area (Å²) in [6.07, 6.45) is 1.12. The summed E-state index contributed by atoms with van der Waals surface area (Å²) in [5, 5.41) is 4.66. The van der Waals surface area contributed by atoms with Crippen LogP contribution >= 0.6 is 23.2 Å². The molecule has 2 rings (SSSR count). The molecule has 2 nitrogen and oxygen atoms in total. The van der Waals surface area contributed by atoms with E-state index in [4.69, 9.17) is 27.9 Å². The lowest BCUT2D eigenvalue weighted by molar-refractivity contribution is 0.125. The van der Waals surface area contributed by atoms with E-state index in [1.165, 1.54) is 5.56 Å². The fourth-order valence-electron chi connectivity index (χ4n) is 2.49. The van der Waals surface area contributed by atoms with Gasteiger partial charge in [-0.3, -0.25) is 0 Å². The number of benzene rings is 1. The summed E-state index contributed by atoms with van der Waals surface area (Å²) in [7, 11) is 1.75. The third-order valence-corrected chi connectivity index (χ3v) is 4.10. The van der Waals surface area contributed by atoms with Crippen LogP contribution in [0.15, 0.2) is 18.2 Å². The first-order valence-electron chi connectivity index (χ1n) is 5.87. The van der Waals surface area contributed by atoms with Crippen LogP contribution in [-0.2, 0) is 4.74 Å². The first kappa shape index (κ1) is 13.2. The van der Waals surface area contributed by atoms with Crippen molar-refractivity contribution in [3.8, 4) is 0 Å². The van der Waals surface area contributed by atoms with Gasteiger partial charge in [-0.25, -0.2) is 0 Å². The van der Waals surface area contributed by atoms with Gasteiger partial charge in [-0.2, -0.15) is 0 Å². The molecule has 1 saturated heterocycles. The monoisotopic (exact) mass is 273 g/mol. The Kier molecular flexibility index (Phi) is 4.69. The zero-order chi connectivity index (χ0) is 12.3. The quantitative estimate of drug-likeness (QED) is 0.912.